The fourth-order valence-corrected chi connectivity index (χ4v) is 3.61. The van der Waals surface area contributed by atoms with Gasteiger partial charge < -0.3 is 24.4 Å². The number of morpholine rings is 1. The maximum absolute atomic E-state index is 12.6. The van der Waals surface area contributed by atoms with Gasteiger partial charge in [0.05, 0.1) is 19.8 Å². The largest absolute Gasteiger partial charge is 0.454 e. The molecule has 4 rings (SSSR count). The van der Waals surface area contributed by atoms with E-state index in [0.717, 1.165) is 48.9 Å². The molecule has 1 amide bonds. The number of fused-ring (bicyclic) bond motifs is 1. The number of rotatable bonds is 5. The fourth-order valence-electron chi connectivity index (χ4n) is 3.61. The lowest BCUT2D eigenvalue weighted by molar-refractivity contribution is -0.937. The van der Waals surface area contributed by atoms with E-state index < -0.39 is 0 Å². The van der Waals surface area contributed by atoms with Gasteiger partial charge in [0, 0.05) is 11.1 Å². The Kier molecular flexibility index (Phi) is 5.27. The number of ether oxygens (including phenoxy) is 3. The molecule has 0 aliphatic carbocycles. The number of benzene rings is 2. The maximum Gasteiger partial charge on any atom is 0.251 e. The smallest absolute Gasteiger partial charge is 0.251 e. The summed E-state index contributed by atoms with van der Waals surface area (Å²) >= 11 is 0. The number of carbonyl (C=O) groups excluding carboxylic acids is 1. The van der Waals surface area contributed by atoms with Gasteiger partial charge in [0.1, 0.15) is 19.1 Å². The minimum Gasteiger partial charge on any atom is -0.454 e. The van der Waals surface area contributed by atoms with Gasteiger partial charge >= 0.3 is 0 Å². The third-order valence-corrected chi connectivity index (χ3v) is 5.21. The molecule has 1 fully saturated rings. The quantitative estimate of drug-likeness (QED) is 0.829. The van der Waals surface area contributed by atoms with Gasteiger partial charge in [0.15, 0.2) is 11.5 Å². The minimum atomic E-state index is -0.0478. The average Bonchev–Trinajstić information content (AvgIpc) is 3.17. The van der Waals surface area contributed by atoms with Crippen LogP contribution in [0.15, 0.2) is 42.5 Å². The van der Waals surface area contributed by atoms with Crippen molar-refractivity contribution in [2.24, 2.45) is 0 Å². The van der Waals surface area contributed by atoms with Gasteiger partial charge in [0.25, 0.3) is 5.91 Å². The number of hydrogen-bond donors (Lipinski definition) is 2. The Morgan fingerprint density at radius 3 is 2.59 bits per heavy atom. The highest BCUT2D eigenvalue weighted by molar-refractivity contribution is 5.94. The monoisotopic (exact) mass is 369 g/mol. The zero-order valence-corrected chi connectivity index (χ0v) is 15.5. The molecule has 2 N–H and O–H groups in total. The molecule has 2 aromatic rings. The molecule has 2 heterocycles. The average molecular weight is 369 g/mol. The summed E-state index contributed by atoms with van der Waals surface area (Å²) in [6.45, 7) is 6.14. The molecular formula is C21H25N2O4+. The molecular weight excluding hydrogens is 344 g/mol. The van der Waals surface area contributed by atoms with E-state index >= 15 is 0 Å². The second kappa shape index (κ2) is 7.98. The van der Waals surface area contributed by atoms with E-state index in [2.05, 4.69) is 11.4 Å². The van der Waals surface area contributed by atoms with Gasteiger partial charge in [0.2, 0.25) is 6.79 Å². The number of amides is 1. The fraction of sp³-hybridized carbons (Fsp3) is 0.381. The minimum absolute atomic E-state index is 0.0478. The van der Waals surface area contributed by atoms with Crippen LogP contribution >= 0.6 is 0 Å². The highest BCUT2D eigenvalue weighted by Gasteiger charge is 2.28. The predicted octanol–water partition coefficient (Wildman–Crippen LogP) is 1.11. The van der Waals surface area contributed by atoms with E-state index in [-0.39, 0.29) is 18.7 Å². The molecule has 0 spiro atoms. The molecule has 1 saturated heterocycles. The lowest BCUT2D eigenvalue weighted by Crippen LogP contribution is -3.15. The summed E-state index contributed by atoms with van der Waals surface area (Å²) in [5.41, 5.74) is 2.96. The van der Waals surface area contributed by atoms with E-state index in [1.165, 1.54) is 4.90 Å². The molecule has 2 aliphatic rings. The summed E-state index contributed by atoms with van der Waals surface area (Å²) in [5, 5.41) is 3.11. The molecule has 0 saturated carbocycles. The van der Waals surface area contributed by atoms with Gasteiger partial charge in [-0.15, -0.1) is 0 Å². The van der Waals surface area contributed by atoms with Crippen molar-refractivity contribution in [3.05, 3.63) is 59.2 Å². The third kappa shape index (κ3) is 4.07. The number of aryl methyl sites for hydroxylation is 1. The number of quaternary nitrogens is 1. The van der Waals surface area contributed by atoms with Crippen molar-refractivity contribution in [2.45, 2.75) is 13.0 Å². The summed E-state index contributed by atoms with van der Waals surface area (Å²) < 4.78 is 16.5. The van der Waals surface area contributed by atoms with Crippen LogP contribution in [-0.4, -0.2) is 45.5 Å². The predicted molar refractivity (Wildman–Crippen MR) is 100 cm³/mol. The number of nitrogens with one attached hydrogen (secondary N) is 2. The molecule has 2 aromatic carbocycles. The Balaban J connectivity index is 1.51. The molecule has 1 atom stereocenters. The van der Waals surface area contributed by atoms with E-state index in [9.17, 15) is 4.79 Å². The maximum atomic E-state index is 12.6. The molecule has 0 radical (unpaired) electrons. The van der Waals surface area contributed by atoms with Crippen molar-refractivity contribution in [3.8, 4) is 11.5 Å². The lowest BCUT2D eigenvalue weighted by atomic mass is 10.0. The van der Waals surface area contributed by atoms with Crippen LogP contribution in [0.25, 0.3) is 0 Å². The number of carbonyl (C=O) groups is 1. The first-order valence-corrected chi connectivity index (χ1v) is 9.37. The first-order chi connectivity index (χ1) is 13.2. The van der Waals surface area contributed by atoms with Gasteiger partial charge in [-0.3, -0.25) is 4.79 Å². The Morgan fingerprint density at radius 1 is 1.07 bits per heavy atom. The highest BCUT2D eigenvalue weighted by atomic mass is 16.7. The van der Waals surface area contributed by atoms with Crippen LogP contribution in [0.5, 0.6) is 11.5 Å². The molecule has 0 unspecified atom stereocenters. The second-order valence-corrected chi connectivity index (χ2v) is 7.01. The van der Waals surface area contributed by atoms with Crippen LogP contribution in [0.1, 0.15) is 27.5 Å². The topological polar surface area (TPSA) is 61.2 Å². The van der Waals surface area contributed by atoms with Crippen molar-refractivity contribution < 1.29 is 23.9 Å². The van der Waals surface area contributed by atoms with Gasteiger partial charge in [-0.2, -0.15) is 0 Å². The Labute approximate surface area is 159 Å². The van der Waals surface area contributed by atoms with Crippen LogP contribution in [0.2, 0.25) is 0 Å². The van der Waals surface area contributed by atoms with E-state index in [4.69, 9.17) is 14.2 Å². The molecule has 2 aliphatic heterocycles. The normalized spacial score (nSPS) is 17.5. The Morgan fingerprint density at radius 2 is 1.81 bits per heavy atom. The molecule has 6 nitrogen and oxygen atoms in total. The lowest BCUT2D eigenvalue weighted by Gasteiger charge is -2.32. The van der Waals surface area contributed by atoms with Crippen molar-refractivity contribution in [2.75, 3.05) is 39.6 Å². The first kappa shape index (κ1) is 17.8. The van der Waals surface area contributed by atoms with E-state index in [1.807, 2.05) is 43.3 Å². The van der Waals surface area contributed by atoms with Crippen molar-refractivity contribution >= 4 is 5.91 Å². The summed E-state index contributed by atoms with van der Waals surface area (Å²) in [6.07, 6.45) is 0. The van der Waals surface area contributed by atoms with Crippen LogP contribution in [0.3, 0.4) is 0 Å². The van der Waals surface area contributed by atoms with Crippen molar-refractivity contribution in [1.82, 2.24) is 5.32 Å². The molecule has 27 heavy (non-hydrogen) atoms. The van der Waals surface area contributed by atoms with Gasteiger partial charge in [-0.05, 0) is 37.3 Å². The highest BCUT2D eigenvalue weighted by Crippen LogP contribution is 2.33. The Hall–Kier alpha value is -2.57. The van der Waals surface area contributed by atoms with Crippen LogP contribution in [0, 0.1) is 6.92 Å². The Bertz CT molecular complexity index is 800. The summed E-state index contributed by atoms with van der Waals surface area (Å²) in [7, 11) is 0. The van der Waals surface area contributed by atoms with Crippen molar-refractivity contribution in [1.29, 1.82) is 0 Å². The van der Waals surface area contributed by atoms with Crippen LogP contribution < -0.4 is 19.7 Å². The first-order valence-electron chi connectivity index (χ1n) is 9.37. The summed E-state index contributed by atoms with van der Waals surface area (Å²) in [5.74, 6) is 1.50. The van der Waals surface area contributed by atoms with Crippen LogP contribution in [0.4, 0.5) is 0 Å². The molecule has 0 aromatic heterocycles. The summed E-state index contributed by atoms with van der Waals surface area (Å²) in [4.78, 5) is 14.0. The zero-order valence-electron chi connectivity index (χ0n) is 15.5. The standard InChI is InChI=1S/C21H24N2O4/c1-15-2-4-16(5-3-15)21(24)22-13-18(23-8-10-25-11-9-23)17-6-7-19-20(12-17)27-14-26-19/h2-7,12,18H,8-11,13-14H2,1H3,(H,22,24)/p+1/t18-/m1/s1. The SMILES string of the molecule is Cc1ccc(C(=O)NC[C@H](c2ccc3c(c2)OCO3)[NH+]2CCOCC2)cc1. The van der Waals surface area contributed by atoms with Crippen LogP contribution in [-0.2, 0) is 4.74 Å². The molecule has 6 heteroatoms. The summed E-state index contributed by atoms with van der Waals surface area (Å²) in [6, 6.07) is 13.8. The van der Waals surface area contributed by atoms with E-state index in [0.29, 0.717) is 12.1 Å². The second-order valence-electron chi connectivity index (χ2n) is 7.01. The van der Waals surface area contributed by atoms with Gasteiger partial charge in [-0.1, -0.05) is 17.7 Å². The van der Waals surface area contributed by atoms with Gasteiger partial charge in [-0.25, -0.2) is 0 Å². The van der Waals surface area contributed by atoms with Crippen molar-refractivity contribution in [3.63, 3.8) is 0 Å². The zero-order chi connectivity index (χ0) is 18.6. The molecule has 0 bridgehead atoms. The number of hydrogen-bond acceptors (Lipinski definition) is 4. The third-order valence-electron chi connectivity index (χ3n) is 5.21. The molecule has 142 valence electrons. The van der Waals surface area contributed by atoms with E-state index in [1.54, 1.807) is 0 Å².